The minimum atomic E-state index is 0.693. The van der Waals surface area contributed by atoms with Crippen molar-refractivity contribution in [3.8, 4) is 0 Å². The number of rotatable bonds is 3. The van der Waals surface area contributed by atoms with E-state index in [1.165, 1.54) is 35.0 Å². The van der Waals surface area contributed by atoms with Crippen LogP contribution in [0.2, 0.25) is 0 Å². The first-order valence-electron chi connectivity index (χ1n) is 7.82. The highest BCUT2D eigenvalue weighted by Gasteiger charge is 2.38. The summed E-state index contributed by atoms with van der Waals surface area (Å²) in [4.78, 5) is 1.43. The van der Waals surface area contributed by atoms with E-state index in [9.17, 15) is 0 Å². The first kappa shape index (κ1) is 14.0. The Bertz CT molecular complexity index is 603. The number of thiophene rings is 1. The fourth-order valence-corrected chi connectivity index (χ4v) is 5.55. The summed E-state index contributed by atoms with van der Waals surface area (Å²) in [6.45, 7) is 1.02. The summed E-state index contributed by atoms with van der Waals surface area (Å²) in [6.07, 6.45) is 5.31. The molecule has 0 radical (unpaired) electrons. The molecule has 0 aliphatic heterocycles. The summed E-state index contributed by atoms with van der Waals surface area (Å²) in [6, 6.07) is 12.0. The average molecular weight is 362 g/mol. The molecule has 1 aromatic heterocycles. The molecule has 0 spiro atoms. The maximum Gasteiger partial charge on any atom is 0.0302 e. The zero-order chi connectivity index (χ0) is 14.2. The maximum atomic E-state index is 3.88. The van der Waals surface area contributed by atoms with Crippen LogP contribution in [0.5, 0.6) is 0 Å². The average Bonchev–Trinajstić information content (AvgIpc) is 2.99. The normalized spacial score (nSPS) is 27.4. The lowest BCUT2D eigenvalue weighted by Crippen LogP contribution is -2.37. The van der Waals surface area contributed by atoms with E-state index in [4.69, 9.17) is 0 Å². The van der Waals surface area contributed by atoms with Gasteiger partial charge >= 0.3 is 0 Å². The van der Waals surface area contributed by atoms with Crippen molar-refractivity contribution in [3.63, 3.8) is 0 Å². The highest BCUT2D eigenvalue weighted by molar-refractivity contribution is 9.10. The Balaban J connectivity index is 1.50. The predicted octanol–water partition coefficient (Wildman–Crippen LogP) is 4.79. The summed E-state index contributed by atoms with van der Waals surface area (Å²) < 4.78 is 1.21. The van der Waals surface area contributed by atoms with Crippen molar-refractivity contribution in [1.29, 1.82) is 0 Å². The van der Waals surface area contributed by atoms with E-state index in [0.29, 0.717) is 6.04 Å². The van der Waals surface area contributed by atoms with Gasteiger partial charge in [-0.1, -0.05) is 24.3 Å². The highest BCUT2D eigenvalue weighted by atomic mass is 79.9. The van der Waals surface area contributed by atoms with Gasteiger partial charge in [-0.25, -0.2) is 0 Å². The van der Waals surface area contributed by atoms with Crippen LogP contribution < -0.4 is 5.32 Å². The van der Waals surface area contributed by atoms with Crippen molar-refractivity contribution in [3.05, 3.63) is 56.2 Å². The number of halogens is 1. The lowest BCUT2D eigenvalue weighted by Gasteiger charge is -2.23. The van der Waals surface area contributed by atoms with Crippen molar-refractivity contribution >= 4 is 27.3 Å². The van der Waals surface area contributed by atoms with E-state index in [2.05, 4.69) is 57.0 Å². The molecule has 0 amide bonds. The molecule has 2 aliphatic carbocycles. The zero-order valence-corrected chi connectivity index (χ0v) is 14.4. The van der Waals surface area contributed by atoms with Crippen LogP contribution in [0.25, 0.3) is 0 Å². The summed E-state index contributed by atoms with van der Waals surface area (Å²) in [5, 5.41) is 6.05. The van der Waals surface area contributed by atoms with E-state index >= 15 is 0 Å². The van der Waals surface area contributed by atoms with Crippen LogP contribution >= 0.6 is 27.3 Å². The molecule has 4 rings (SSSR count). The molecule has 1 fully saturated rings. The first-order valence-corrected chi connectivity index (χ1v) is 9.50. The lowest BCUT2D eigenvalue weighted by molar-refractivity contribution is 0.341. The Kier molecular flexibility index (Phi) is 3.91. The topological polar surface area (TPSA) is 12.0 Å². The third-order valence-electron chi connectivity index (χ3n) is 5.14. The monoisotopic (exact) mass is 361 g/mol. The minimum absolute atomic E-state index is 0.693. The minimum Gasteiger partial charge on any atom is -0.309 e. The van der Waals surface area contributed by atoms with Crippen molar-refractivity contribution in [2.45, 2.75) is 38.3 Å². The molecular weight excluding hydrogens is 342 g/mol. The smallest absolute Gasteiger partial charge is 0.0302 e. The zero-order valence-electron chi connectivity index (χ0n) is 12.0. The molecule has 0 saturated heterocycles. The molecule has 1 aromatic carbocycles. The van der Waals surface area contributed by atoms with Crippen LogP contribution in [0.3, 0.4) is 0 Å². The van der Waals surface area contributed by atoms with Gasteiger partial charge in [-0.15, -0.1) is 11.3 Å². The predicted molar refractivity (Wildman–Crippen MR) is 92.7 cm³/mol. The fourth-order valence-electron chi connectivity index (χ4n) is 4.15. The van der Waals surface area contributed by atoms with Crippen LogP contribution in [0, 0.1) is 11.8 Å². The Morgan fingerprint density at radius 2 is 1.76 bits per heavy atom. The molecular formula is C18H20BrNS. The SMILES string of the molecule is Brc1csc(CNC2C3CCC2Cc2ccccc2C3)c1. The molecule has 110 valence electrons. The van der Waals surface area contributed by atoms with Crippen LogP contribution in [-0.2, 0) is 19.4 Å². The van der Waals surface area contributed by atoms with Crippen LogP contribution in [0.4, 0.5) is 0 Å². The van der Waals surface area contributed by atoms with E-state index < -0.39 is 0 Å². The second kappa shape index (κ2) is 5.86. The molecule has 2 aliphatic rings. The van der Waals surface area contributed by atoms with Gasteiger partial charge in [0, 0.05) is 27.3 Å². The first-order chi connectivity index (χ1) is 10.3. The van der Waals surface area contributed by atoms with Crippen LogP contribution in [0.15, 0.2) is 40.2 Å². The third-order valence-corrected chi connectivity index (χ3v) is 6.84. The van der Waals surface area contributed by atoms with Crippen molar-refractivity contribution in [2.75, 3.05) is 0 Å². The van der Waals surface area contributed by atoms with Gasteiger partial charge in [-0.3, -0.25) is 0 Å². The van der Waals surface area contributed by atoms with E-state index in [1.54, 1.807) is 11.1 Å². The molecule has 1 nitrogen and oxygen atoms in total. The summed E-state index contributed by atoms with van der Waals surface area (Å²) in [7, 11) is 0. The summed E-state index contributed by atoms with van der Waals surface area (Å²) >= 11 is 5.39. The lowest BCUT2D eigenvalue weighted by atomic mass is 9.94. The molecule has 1 heterocycles. The molecule has 21 heavy (non-hydrogen) atoms. The second-order valence-corrected chi connectivity index (χ2v) is 8.32. The van der Waals surface area contributed by atoms with Crippen molar-refractivity contribution in [1.82, 2.24) is 5.32 Å². The van der Waals surface area contributed by atoms with Crippen molar-refractivity contribution < 1.29 is 0 Å². The number of hydrogen-bond donors (Lipinski definition) is 1. The fraction of sp³-hybridized carbons (Fsp3) is 0.444. The molecule has 2 unspecified atom stereocenters. The summed E-state index contributed by atoms with van der Waals surface area (Å²) in [5.74, 6) is 1.64. The van der Waals surface area contributed by atoms with Crippen LogP contribution in [-0.4, -0.2) is 6.04 Å². The molecule has 2 atom stereocenters. The highest BCUT2D eigenvalue weighted by Crippen LogP contribution is 2.40. The van der Waals surface area contributed by atoms with Crippen LogP contribution in [0.1, 0.15) is 28.8 Å². The number of nitrogens with one attached hydrogen (secondary N) is 1. The number of hydrogen-bond acceptors (Lipinski definition) is 2. The third kappa shape index (κ3) is 2.84. The van der Waals surface area contributed by atoms with Gasteiger partial charge in [0.25, 0.3) is 0 Å². The quantitative estimate of drug-likeness (QED) is 0.828. The van der Waals surface area contributed by atoms with Gasteiger partial charge in [0.2, 0.25) is 0 Å². The van der Waals surface area contributed by atoms with Crippen molar-refractivity contribution in [2.24, 2.45) is 11.8 Å². The molecule has 1 saturated carbocycles. The molecule has 1 N–H and O–H groups in total. The van der Waals surface area contributed by atoms with Gasteiger partial charge in [0.1, 0.15) is 0 Å². The molecule has 3 heteroatoms. The standard InChI is InChI=1S/C18H20BrNS/c19-16-9-17(21-11-16)10-20-18-14-5-6-15(18)8-13-4-2-1-3-12(13)7-14/h1-4,9,11,14-15,18,20H,5-8,10H2. The largest absolute Gasteiger partial charge is 0.309 e. The van der Waals surface area contributed by atoms with E-state index in [0.717, 1.165) is 18.4 Å². The Labute approximate surface area is 138 Å². The number of fused-ring (bicyclic) bond motifs is 3. The van der Waals surface area contributed by atoms with E-state index in [1.807, 2.05) is 11.3 Å². The Morgan fingerprint density at radius 1 is 1.10 bits per heavy atom. The Hall–Kier alpha value is -0.640. The molecule has 2 bridgehead atoms. The maximum absolute atomic E-state index is 3.88. The molecule has 2 aromatic rings. The summed E-state index contributed by atoms with van der Waals surface area (Å²) in [5.41, 5.74) is 3.19. The van der Waals surface area contributed by atoms with Gasteiger partial charge in [-0.2, -0.15) is 0 Å². The second-order valence-electron chi connectivity index (χ2n) is 6.41. The van der Waals surface area contributed by atoms with Gasteiger partial charge in [-0.05, 0) is 70.6 Å². The van der Waals surface area contributed by atoms with Gasteiger partial charge < -0.3 is 5.32 Å². The van der Waals surface area contributed by atoms with Gasteiger partial charge in [0.15, 0.2) is 0 Å². The van der Waals surface area contributed by atoms with Gasteiger partial charge in [0.05, 0.1) is 0 Å². The number of benzene rings is 1. The Morgan fingerprint density at radius 3 is 2.33 bits per heavy atom. The van der Waals surface area contributed by atoms with E-state index in [-0.39, 0.29) is 0 Å².